The van der Waals surface area contributed by atoms with Crippen LogP contribution in [0.3, 0.4) is 0 Å². The lowest BCUT2D eigenvalue weighted by molar-refractivity contribution is 0.345. The maximum atomic E-state index is 5.10. The maximum Gasteiger partial charge on any atom is 0.214 e. The lowest BCUT2D eigenvalue weighted by Gasteiger charge is -2.21. The highest BCUT2D eigenvalue weighted by atomic mass is 16.5. The van der Waals surface area contributed by atoms with Gasteiger partial charge in [-0.3, -0.25) is 0 Å². The summed E-state index contributed by atoms with van der Waals surface area (Å²) in [5.74, 6) is 2.51. The van der Waals surface area contributed by atoms with Crippen LogP contribution in [-0.4, -0.2) is 18.6 Å². The third kappa shape index (κ3) is 3.91. The minimum absolute atomic E-state index is 0.674. The maximum absolute atomic E-state index is 5.10. The fourth-order valence-corrected chi connectivity index (χ4v) is 2.51. The molecule has 0 aromatic carbocycles. The van der Waals surface area contributed by atoms with Crippen LogP contribution in [0.2, 0.25) is 0 Å². The summed E-state index contributed by atoms with van der Waals surface area (Å²) < 4.78 is 5.10. The molecule has 0 aliphatic heterocycles. The molecule has 0 bridgehead atoms. The molecule has 0 saturated heterocycles. The number of nitrogens with one attached hydrogen (secondary N) is 1. The average molecular weight is 234 g/mol. The van der Waals surface area contributed by atoms with Gasteiger partial charge in [0.15, 0.2) is 0 Å². The highest BCUT2D eigenvalue weighted by Crippen LogP contribution is 2.26. The van der Waals surface area contributed by atoms with Gasteiger partial charge in [0.05, 0.1) is 7.11 Å². The van der Waals surface area contributed by atoms with E-state index in [-0.39, 0.29) is 0 Å². The molecule has 1 fully saturated rings. The Morgan fingerprint density at radius 2 is 2.12 bits per heavy atom. The quantitative estimate of drug-likeness (QED) is 0.847. The first-order valence-electron chi connectivity index (χ1n) is 6.63. The van der Waals surface area contributed by atoms with Crippen molar-refractivity contribution in [2.24, 2.45) is 5.92 Å². The van der Waals surface area contributed by atoms with Gasteiger partial charge in [-0.1, -0.05) is 38.2 Å². The predicted octanol–water partition coefficient (Wildman–Crippen LogP) is 3.47. The van der Waals surface area contributed by atoms with Crippen molar-refractivity contribution >= 4 is 5.82 Å². The number of rotatable bonds is 5. The molecule has 1 heterocycles. The van der Waals surface area contributed by atoms with E-state index in [0.717, 1.165) is 18.3 Å². The minimum atomic E-state index is 0.674. The van der Waals surface area contributed by atoms with Crippen LogP contribution in [0.25, 0.3) is 0 Å². The van der Waals surface area contributed by atoms with E-state index in [9.17, 15) is 0 Å². The molecule has 1 saturated carbocycles. The lowest BCUT2D eigenvalue weighted by atomic mass is 9.87. The minimum Gasteiger partial charge on any atom is -0.481 e. The van der Waals surface area contributed by atoms with Gasteiger partial charge in [0, 0.05) is 12.6 Å². The fraction of sp³-hybridized carbons (Fsp3) is 0.643. The molecule has 3 nitrogen and oxygen atoms in total. The van der Waals surface area contributed by atoms with Crippen LogP contribution in [0.15, 0.2) is 18.2 Å². The molecule has 1 aliphatic carbocycles. The number of nitrogens with zero attached hydrogens (tertiary/aromatic N) is 1. The molecule has 0 spiro atoms. The van der Waals surface area contributed by atoms with Gasteiger partial charge < -0.3 is 10.1 Å². The molecule has 0 radical (unpaired) electrons. The summed E-state index contributed by atoms with van der Waals surface area (Å²) in [7, 11) is 1.65. The Labute approximate surface area is 104 Å². The summed E-state index contributed by atoms with van der Waals surface area (Å²) in [6.45, 7) is 1.02. The molecule has 1 aromatic rings. The third-order valence-corrected chi connectivity index (χ3v) is 3.52. The Hall–Kier alpha value is -1.25. The predicted molar refractivity (Wildman–Crippen MR) is 70.5 cm³/mol. The van der Waals surface area contributed by atoms with Gasteiger partial charge in [-0.15, -0.1) is 0 Å². The molecule has 1 N–H and O–H groups in total. The van der Waals surface area contributed by atoms with Crippen molar-refractivity contribution in [2.75, 3.05) is 19.0 Å². The molecule has 0 atom stereocenters. The fourth-order valence-electron chi connectivity index (χ4n) is 2.51. The van der Waals surface area contributed by atoms with Crippen LogP contribution in [0, 0.1) is 5.92 Å². The van der Waals surface area contributed by atoms with Crippen molar-refractivity contribution in [3.05, 3.63) is 18.2 Å². The van der Waals surface area contributed by atoms with Gasteiger partial charge >= 0.3 is 0 Å². The van der Waals surface area contributed by atoms with E-state index in [0.29, 0.717) is 5.88 Å². The largest absolute Gasteiger partial charge is 0.481 e. The van der Waals surface area contributed by atoms with Crippen molar-refractivity contribution in [2.45, 2.75) is 38.5 Å². The Bertz CT molecular complexity index is 335. The third-order valence-electron chi connectivity index (χ3n) is 3.52. The van der Waals surface area contributed by atoms with Crippen LogP contribution < -0.4 is 10.1 Å². The number of methoxy groups -OCH3 is 1. The van der Waals surface area contributed by atoms with E-state index >= 15 is 0 Å². The van der Waals surface area contributed by atoms with Gasteiger partial charge in [-0.25, -0.2) is 0 Å². The second-order valence-electron chi connectivity index (χ2n) is 4.78. The Morgan fingerprint density at radius 3 is 2.88 bits per heavy atom. The first kappa shape index (κ1) is 12.2. The molecule has 0 unspecified atom stereocenters. The van der Waals surface area contributed by atoms with Gasteiger partial charge in [0.1, 0.15) is 5.82 Å². The van der Waals surface area contributed by atoms with E-state index in [4.69, 9.17) is 4.74 Å². The summed E-state index contributed by atoms with van der Waals surface area (Å²) >= 11 is 0. The summed E-state index contributed by atoms with van der Waals surface area (Å²) in [6.07, 6.45) is 8.35. The van der Waals surface area contributed by atoms with E-state index in [2.05, 4.69) is 10.3 Å². The summed E-state index contributed by atoms with van der Waals surface area (Å²) in [5.41, 5.74) is 0. The molecule has 1 aromatic heterocycles. The molecule has 3 heteroatoms. The lowest BCUT2D eigenvalue weighted by Crippen LogP contribution is -2.12. The first-order chi connectivity index (χ1) is 8.38. The zero-order valence-corrected chi connectivity index (χ0v) is 10.6. The zero-order valence-electron chi connectivity index (χ0n) is 10.6. The zero-order chi connectivity index (χ0) is 11.9. The van der Waals surface area contributed by atoms with Crippen molar-refractivity contribution in [3.63, 3.8) is 0 Å². The summed E-state index contributed by atoms with van der Waals surface area (Å²) in [4.78, 5) is 4.34. The highest BCUT2D eigenvalue weighted by molar-refractivity contribution is 5.36. The molecule has 1 aliphatic rings. The summed E-state index contributed by atoms with van der Waals surface area (Å²) in [6, 6.07) is 5.82. The number of ether oxygens (including phenoxy) is 1. The molecule has 0 amide bonds. The normalized spacial score (nSPS) is 16.8. The van der Waals surface area contributed by atoms with Crippen LogP contribution in [-0.2, 0) is 0 Å². The van der Waals surface area contributed by atoms with E-state index in [1.807, 2.05) is 18.2 Å². The smallest absolute Gasteiger partial charge is 0.214 e. The standard InChI is InChI=1S/C14H22N2O/c1-17-14-9-5-8-13(16-14)15-11-10-12-6-3-2-4-7-12/h5,8-9,12H,2-4,6-7,10-11H2,1H3,(H,15,16). The van der Waals surface area contributed by atoms with Crippen LogP contribution in [0.5, 0.6) is 5.88 Å². The Kier molecular flexibility index (Phi) is 4.65. The number of hydrogen-bond donors (Lipinski definition) is 1. The number of pyridine rings is 1. The number of hydrogen-bond acceptors (Lipinski definition) is 3. The van der Waals surface area contributed by atoms with Gasteiger partial charge in [-0.05, 0) is 18.4 Å². The molecule has 94 valence electrons. The topological polar surface area (TPSA) is 34.1 Å². The monoisotopic (exact) mass is 234 g/mol. The van der Waals surface area contributed by atoms with Crippen LogP contribution in [0.4, 0.5) is 5.82 Å². The van der Waals surface area contributed by atoms with Crippen LogP contribution >= 0.6 is 0 Å². The van der Waals surface area contributed by atoms with E-state index < -0.39 is 0 Å². The second kappa shape index (κ2) is 6.48. The van der Waals surface area contributed by atoms with E-state index in [1.165, 1.54) is 38.5 Å². The Morgan fingerprint density at radius 1 is 1.29 bits per heavy atom. The van der Waals surface area contributed by atoms with Gasteiger partial charge in [-0.2, -0.15) is 4.98 Å². The second-order valence-corrected chi connectivity index (χ2v) is 4.78. The van der Waals surface area contributed by atoms with Gasteiger partial charge in [0.2, 0.25) is 5.88 Å². The molecule has 2 rings (SSSR count). The highest BCUT2D eigenvalue weighted by Gasteiger charge is 2.12. The number of aromatic nitrogens is 1. The van der Waals surface area contributed by atoms with Crippen molar-refractivity contribution in [1.29, 1.82) is 0 Å². The van der Waals surface area contributed by atoms with E-state index in [1.54, 1.807) is 7.11 Å². The van der Waals surface area contributed by atoms with Gasteiger partial charge in [0.25, 0.3) is 0 Å². The molecular formula is C14H22N2O. The Balaban J connectivity index is 1.73. The molecular weight excluding hydrogens is 212 g/mol. The van der Waals surface area contributed by atoms with Crippen molar-refractivity contribution in [1.82, 2.24) is 4.98 Å². The number of anilines is 1. The first-order valence-corrected chi connectivity index (χ1v) is 6.63. The summed E-state index contributed by atoms with van der Waals surface area (Å²) in [5, 5.41) is 3.38. The average Bonchev–Trinajstić information content (AvgIpc) is 2.40. The SMILES string of the molecule is COc1cccc(NCCC2CCCCC2)n1. The van der Waals surface area contributed by atoms with Crippen LogP contribution in [0.1, 0.15) is 38.5 Å². The van der Waals surface area contributed by atoms with Crippen molar-refractivity contribution in [3.8, 4) is 5.88 Å². The molecule has 17 heavy (non-hydrogen) atoms. The van der Waals surface area contributed by atoms with Crippen molar-refractivity contribution < 1.29 is 4.74 Å².